The molecule has 0 spiro atoms. The summed E-state index contributed by atoms with van der Waals surface area (Å²) in [4.78, 5) is 18.0. The van der Waals surface area contributed by atoms with Crippen molar-refractivity contribution in [1.82, 2.24) is 4.98 Å². The van der Waals surface area contributed by atoms with Gasteiger partial charge in [-0.1, -0.05) is 6.92 Å². The first-order chi connectivity index (χ1) is 9.50. The molecule has 0 amide bonds. The van der Waals surface area contributed by atoms with Crippen molar-refractivity contribution in [2.24, 2.45) is 5.41 Å². The monoisotopic (exact) mass is 273 g/mol. The molecule has 20 heavy (non-hydrogen) atoms. The van der Waals surface area contributed by atoms with Crippen molar-refractivity contribution in [1.29, 1.82) is 5.26 Å². The average Bonchev–Trinajstić information content (AvgIpc) is 2.46. The summed E-state index contributed by atoms with van der Waals surface area (Å²) in [6.07, 6.45) is 2.14. The second-order valence-corrected chi connectivity index (χ2v) is 5.43. The Labute approximate surface area is 118 Å². The Morgan fingerprint density at radius 2 is 2.35 bits per heavy atom. The fourth-order valence-electron chi connectivity index (χ4n) is 2.82. The molecule has 0 bridgehead atoms. The smallest absolute Gasteiger partial charge is 0.311 e. The van der Waals surface area contributed by atoms with Gasteiger partial charge in [0.25, 0.3) is 0 Å². The van der Waals surface area contributed by atoms with E-state index in [0.717, 1.165) is 18.7 Å². The topological polar surface area (TPSA) is 77.2 Å². The summed E-state index contributed by atoms with van der Waals surface area (Å²) >= 11 is 0. The Bertz CT molecular complexity index is 565. The molecule has 0 saturated carbocycles. The summed E-state index contributed by atoms with van der Waals surface area (Å²) in [5.74, 6) is -0.0295. The van der Waals surface area contributed by atoms with E-state index in [4.69, 9.17) is 5.26 Å². The summed E-state index contributed by atoms with van der Waals surface area (Å²) in [5, 5.41) is 18.5. The van der Waals surface area contributed by atoms with Crippen LogP contribution in [0.2, 0.25) is 0 Å². The molecule has 1 aliphatic rings. The molecule has 1 unspecified atom stereocenters. The van der Waals surface area contributed by atoms with E-state index >= 15 is 0 Å². The van der Waals surface area contributed by atoms with E-state index in [2.05, 4.69) is 11.1 Å². The van der Waals surface area contributed by atoms with Crippen LogP contribution in [0.5, 0.6) is 0 Å². The highest BCUT2D eigenvalue weighted by Crippen LogP contribution is 2.35. The molecule has 0 aromatic carbocycles. The third-order valence-corrected chi connectivity index (χ3v) is 4.10. The highest BCUT2D eigenvalue weighted by atomic mass is 16.4. The average molecular weight is 273 g/mol. The number of hydrogen-bond acceptors (Lipinski definition) is 4. The van der Waals surface area contributed by atoms with Gasteiger partial charge >= 0.3 is 5.97 Å². The van der Waals surface area contributed by atoms with E-state index in [1.807, 2.05) is 18.7 Å². The lowest BCUT2D eigenvalue weighted by atomic mass is 9.77. The SMILES string of the molecule is CCC1(C(=O)O)CCCN(c2cc(C#N)cc(C)n2)C1. The molecule has 2 heterocycles. The summed E-state index contributed by atoms with van der Waals surface area (Å²) < 4.78 is 0. The highest BCUT2D eigenvalue weighted by Gasteiger charge is 2.41. The Morgan fingerprint density at radius 3 is 2.95 bits per heavy atom. The maximum Gasteiger partial charge on any atom is 0.311 e. The predicted molar refractivity (Wildman–Crippen MR) is 75.5 cm³/mol. The molecule has 1 aromatic rings. The van der Waals surface area contributed by atoms with Gasteiger partial charge in [0.1, 0.15) is 5.82 Å². The minimum absolute atomic E-state index is 0.458. The molecule has 1 fully saturated rings. The highest BCUT2D eigenvalue weighted by molar-refractivity contribution is 5.76. The van der Waals surface area contributed by atoms with Gasteiger partial charge in [0, 0.05) is 18.8 Å². The van der Waals surface area contributed by atoms with Crippen molar-refractivity contribution < 1.29 is 9.90 Å². The zero-order valence-electron chi connectivity index (χ0n) is 11.9. The van der Waals surface area contributed by atoms with Crippen LogP contribution >= 0.6 is 0 Å². The maximum absolute atomic E-state index is 11.6. The molecule has 1 aliphatic heterocycles. The first kappa shape index (κ1) is 14.3. The van der Waals surface area contributed by atoms with Crippen LogP contribution < -0.4 is 4.90 Å². The molecule has 0 aliphatic carbocycles. The molecule has 2 rings (SSSR count). The Kier molecular flexibility index (Phi) is 3.93. The van der Waals surface area contributed by atoms with Gasteiger partial charge in [-0.05, 0) is 38.3 Å². The third kappa shape index (κ3) is 2.60. The van der Waals surface area contributed by atoms with Crippen molar-refractivity contribution >= 4 is 11.8 Å². The lowest BCUT2D eigenvalue weighted by molar-refractivity contribution is -0.149. The first-order valence-corrected chi connectivity index (χ1v) is 6.88. The second kappa shape index (κ2) is 5.49. The number of carboxylic acids is 1. The normalized spacial score (nSPS) is 22.4. The number of aliphatic carboxylic acids is 1. The zero-order chi connectivity index (χ0) is 14.8. The lowest BCUT2D eigenvalue weighted by Crippen LogP contribution is -2.48. The molecule has 5 heteroatoms. The van der Waals surface area contributed by atoms with Gasteiger partial charge in [-0.15, -0.1) is 0 Å². The van der Waals surface area contributed by atoms with Crippen LogP contribution in [-0.2, 0) is 4.79 Å². The number of anilines is 1. The van der Waals surface area contributed by atoms with Gasteiger partial charge in [-0.25, -0.2) is 4.98 Å². The molecule has 5 nitrogen and oxygen atoms in total. The van der Waals surface area contributed by atoms with E-state index < -0.39 is 11.4 Å². The predicted octanol–water partition coefficient (Wildman–Crippen LogP) is 2.34. The third-order valence-electron chi connectivity index (χ3n) is 4.10. The Balaban J connectivity index is 2.32. The van der Waals surface area contributed by atoms with Crippen molar-refractivity contribution in [2.75, 3.05) is 18.0 Å². The van der Waals surface area contributed by atoms with Gasteiger partial charge in [-0.3, -0.25) is 4.79 Å². The number of carbonyl (C=O) groups is 1. The van der Waals surface area contributed by atoms with E-state index in [1.54, 1.807) is 12.1 Å². The molecular weight excluding hydrogens is 254 g/mol. The second-order valence-electron chi connectivity index (χ2n) is 5.43. The molecular formula is C15H19N3O2. The van der Waals surface area contributed by atoms with Gasteiger partial charge in [0.15, 0.2) is 0 Å². The van der Waals surface area contributed by atoms with Gasteiger partial charge in [-0.2, -0.15) is 5.26 Å². The quantitative estimate of drug-likeness (QED) is 0.914. The number of nitrogens with zero attached hydrogens (tertiary/aromatic N) is 3. The maximum atomic E-state index is 11.6. The van der Waals surface area contributed by atoms with Crippen molar-refractivity contribution in [3.05, 3.63) is 23.4 Å². The largest absolute Gasteiger partial charge is 0.481 e. The van der Waals surface area contributed by atoms with Crippen LogP contribution in [0.15, 0.2) is 12.1 Å². The minimum Gasteiger partial charge on any atom is -0.481 e. The van der Waals surface area contributed by atoms with E-state index in [1.165, 1.54) is 0 Å². The molecule has 1 N–H and O–H groups in total. The van der Waals surface area contributed by atoms with Crippen LogP contribution in [0.25, 0.3) is 0 Å². The fourth-order valence-corrected chi connectivity index (χ4v) is 2.82. The Morgan fingerprint density at radius 1 is 1.60 bits per heavy atom. The number of carboxylic acid groups (broad SMARTS) is 1. The summed E-state index contributed by atoms with van der Waals surface area (Å²) in [6, 6.07) is 5.59. The van der Waals surface area contributed by atoms with Gasteiger partial charge in [0.2, 0.25) is 0 Å². The minimum atomic E-state index is -0.738. The number of aryl methyl sites for hydroxylation is 1. The first-order valence-electron chi connectivity index (χ1n) is 6.88. The number of piperidine rings is 1. The van der Waals surface area contributed by atoms with E-state index in [9.17, 15) is 9.90 Å². The fraction of sp³-hybridized carbons (Fsp3) is 0.533. The van der Waals surface area contributed by atoms with E-state index in [-0.39, 0.29) is 0 Å². The number of rotatable bonds is 3. The number of pyridine rings is 1. The standard InChI is InChI=1S/C15H19N3O2/c1-3-15(14(19)20)5-4-6-18(10-15)13-8-12(9-16)7-11(2)17-13/h7-8H,3-6,10H2,1-2H3,(H,19,20). The number of nitriles is 1. The van der Waals surface area contributed by atoms with Crippen molar-refractivity contribution in [2.45, 2.75) is 33.1 Å². The van der Waals surface area contributed by atoms with Gasteiger partial charge < -0.3 is 10.0 Å². The summed E-state index contributed by atoms with van der Waals surface area (Å²) in [7, 11) is 0. The van der Waals surface area contributed by atoms with E-state index in [0.29, 0.717) is 30.8 Å². The van der Waals surface area contributed by atoms with Crippen LogP contribution in [0.1, 0.15) is 37.4 Å². The molecule has 106 valence electrons. The zero-order valence-corrected chi connectivity index (χ0v) is 11.9. The summed E-state index contributed by atoms with van der Waals surface area (Å²) in [6.45, 7) is 5.01. The van der Waals surface area contributed by atoms with Crippen LogP contribution in [0, 0.1) is 23.7 Å². The molecule has 0 radical (unpaired) electrons. The summed E-state index contributed by atoms with van der Waals surface area (Å²) in [5.41, 5.74) is 0.647. The van der Waals surface area contributed by atoms with Crippen LogP contribution in [0.4, 0.5) is 5.82 Å². The van der Waals surface area contributed by atoms with Crippen molar-refractivity contribution in [3.63, 3.8) is 0 Å². The molecule has 1 atom stereocenters. The van der Waals surface area contributed by atoms with Crippen LogP contribution in [0.3, 0.4) is 0 Å². The Hall–Kier alpha value is -2.09. The van der Waals surface area contributed by atoms with Crippen molar-refractivity contribution in [3.8, 4) is 6.07 Å². The molecule has 1 aromatic heterocycles. The number of aromatic nitrogens is 1. The van der Waals surface area contributed by atoms with Gasteiger partial charge in [0.05, 0.1) is 17.0 Å². The lowest BCUT2D eigenvalue weighted by Gasteiger charge is -2.40. The molecule has 1 saturated heterocycles. The number of hydrogen-bond donors (Lipinski definition) is 1. The van der Waals surface area contributed by atoms with Crippen LogP contribution in [-0.4, -0.2) is 29.1 Å².